The van der Waals surface area contributed by atoms with Crippen molar-refractivity contribution in [1.82, 2.24) is 20.5 Å². The van der Waals surface area contributed by atoms with Gasteiger partial charge >= 0.3 is 0 Å². The number of rotatable bonds is 7. The molecule has 7 nitrogen and oxygen atoms in total. The van der Waals surface area contributed by atoms with Gasteiger partial charge in [-0.2, -0.15) is 0 Å². The Balaban J connectivity index is 1.75. The van der Waals surface area contributed by atoms with E-state index in [4.69, 9.17) is 0 Å². The number of pyridine rings is 1. The summed E-state index contributed by atoms with van der Waals surface area (Å²) in [6.07, 6.45) is 2.53. The molecule has 1 saturated heterocycles. The van der Waals surface area contributed by atoms with Crippen LogP contribution in [0.15, 0.2) is 48.7 Å². The molecule has 3 rings (SSSR count). The Hall–Kier alpha value is -2.93. The molecule has 0 saturated carbocycles. The van der Waals surface area contributed by atoms with E-state index in [1.807, 2.05) is 50.2 Å². The van der Waals surface area contributed by atoms with Crippen LogP contribution in [-0.2, 0) is 4.79 Å². The molecule has 2 amide bonds. The number of carbonyl (C=O) groups excluding carboxylic acids is 2. The summed E-state index contributed by atoms with van der Waals surface area (Å²) in [5, 5.41) is 6.02. The second-order valence-electron chi connectivity index (χ2n) is 7.93. The maximum absolute atomic E-state index is 12.5. The minimum Gasteiger partial charge on any atom is -0.355 e. The highest BCUT2D eigenvalue weighted by atomic mass is 16.2. The highest BCUT2D eigenvalue weighted by Gasteiger charge is 2.32. The summed E-state index contributed by atoms with van der Waals surface area (Å²) in [4.78, 5) is 33.0. The van der Waals surface area contributed by atoms with Crippen LogP contribution in [0.2, 0.25) is 0 Å². The van der Waals surface area contributed by atoms with Crippen molar-refractivity contribution in [3.8, 4) is 0 Å². The fourth-order valence-corrected chi connectivity index (χ4v) is 3.92. The number of aromatic nitrogens is 1. The number of amides is 2. The van der Waals surface area contributed by atoms with E-state index in [1.165, 1.54) is 5.56 Å². The zero-order chi connectivity index (χ0) is 21.5. The van der Waals surface area contributed by atoms with E-state index < -0.39 is 0 Å². The van der Waals surface area contributed by atoms with E-state index in [1.54, 1.807) is 12.3 Å². The number of hydrogen-bond acceptors (Lipinski definition) is 5. The Bertz CT molecular complexity index is 838. The van der Waals surface area contributed by atoms with E-state index in [0.29, 0.717) is 25.2 Å². The number of hydrogen-bond donors (Lipinski definition) is 2. The molecule has 2 atom stereocenters. The van der Waals surface area contributed by atoms with Gasteiger partial charge in [0.25, 0.3) is 5.91 Å². The van der Waals surface area contributed by atoms with Crippen LogP contribution in [0, 0.1) is 0 Å². The van der Waals surface area contributed by atoms with Crippen molar-refractivity contribution >= 4 is 17.6 Å². The molecule has 0 spiro atoms. The van der Waals surface area contributed by atoms with Gasteiger partial charge in [-0.25, -0.2) is 4.98 Å². The predicted molar refractivity (Wildman–Crippen MR) is 119 cm³/mol. The Morgan fingerprint density at radius 3 is 2.57 bits per heavy atom. The Morgan fingerprint density at radius 2 is 1.93 bits per heavy atom. The summed E-state index contributed by atoms with van der Waals surface area (Å²) in [5.74, 6) is 0.977. The summed E-state index contributed by atoms with van der Waals surface area (Å²) < 4.78 is 0. The standard InChI is InChI=1S/C23H31N5O2/c1-4-24-23(30)18-10-11-21(25-14-18)28-13-12-19(17-8-6-5-7-9-17)20(15-28)26-22(29)16-27(2)3/h5-11,14,19-20H,4,12-13,15-16H2,1-3H3,(H,24,30)(H,26,29)/t19-,20-/m0/s1. The van der Waals surface area contributed by atoms with Gasteiger partial charge in [-0.3, -0.25) is 9.59 Å². The van der Waals surface area contributed by atoms with Gasteiger partial charge in [0.15, 0.2) is 0 Å². The first-order chi connectivity index (χ1) is 14.5. The molecule has 30 heavy (non-hydrogen) atoms. The van der Waals surface area contributed by atoms with Crippen LogP contribution in [-0.4, -0.2) is 68.0 Å². The number of carbonyl (C=O) groups is 2. The minimum atomic E-state index is -0.117. The van der Waals surface area contributed by atoms with Gasteiger partial charge in [0, 0.05) is 31.7 Å². The third-order valence-electron chi connectivity index (χ3n) is 5.32. The molecule has 1 aromatic carbocycles. The Morgan fingerprint density at radius 1 is 1.17 bits per heavy atom. The van der Waals surface area contributed by atoms with E-state index in [-0.39, 0.29) is 23.8 Å². The van der Waals surface area contributed by atoms with Crippen LogP contribution in [0.4, 0.5) is 5.82 Å². The summed E-state index contributed by atoms with van der Waals surface area (Å²) in [5.41, 5.74) is 1.79. The third-order valence-corrected chi connectivity index (χ3v) is 5.32. The molecule has 1 fully saturated rings. The van der Waals surface area contributed by atoms with E-state index in [0.717, 1.165) is 18.8 Å². The lowest BCUT2D eigenvalue weighted by atomic mass is 9.85. The van der Waals surface area contributed by atoms with Crippen LogP contribution < -0.4 is 15.5 Å². The van der Waals surface area contributed by atoms with Gasteiger partial charge < -0.3 is 20.4 Å². The predicted octanol–water partition coefficient (Wildman–Crippen LogP) is 1.87. The topological polar surface area (TPSA) is 77.6 Å². The SMILES string of the molecule is CCNC(=O)c1ccc(N2CC[C@@H](c3ccccc3)[C@@H](NC(=O)CN(C)C)C2)nc1. The van der Waals surface area contributed by atoms with Gasteiger partial charge in [0.1, 0.15) is 5.82 Å². The maximum atomic E-state index is 12.5. The molecule has 0 unspecified atom stereocenters. The molecule has 2 N–H and O–H groups in total. The average molecular weight is 410 g/mol. The molecule has 0 aliphatic carbocycles. The zero-order valence-electron chi connectivity index (χ0n) is 18.0. The van der Waals surface area contributed by atoms with Crippen LogP contribution in [0.3, 0.4) is 0 Å². The first-order valence-electron chi connectivity index (χ1n) is 10.5. The number of piperidine rings is 1. The van der Waals surface area contributed by atoms with Crippen molar-refractivity contribution in [3.63, 3.8) is 0 Å². The van der Waals surface area contributed by atoms with Crippen LogP contribution in [0.5, 0.6) is 0 Å². The molecule has 0 radical (unpaired) electrons. The molecule has 1 aromatic heterocycles. The van der Waals surface area contributed by atoms with Crippen LogP contribution in [0.1, 0.15) is 35.2 Å². The highest BCUT2D eigenvalue weighted by Crippen LogP contribution is 2.30. The molecule has 1 aliphatic rings. The number of nitrogens with zero attached hydrogens (tertiary/aromatic N) is 3. The quantitative estimate of drug-likeness (QED) is 0.730. The number of nitrogens with one attached hydrogen (secondary N) is 2. The van der Waals surface area contributed by atoms with Crippen LogP contribution in [0.25, 0.3) is 0 Å². The second kappa shape index (κ2) is 10.2. The number of anilines is 1. The van der Waals surface area contributed by atoms with Crippen LogP contribution >= 0.6 is 0 Å². The summed E-state index contributed by atoms with van der Waals surface area (Å²) in [6.45, 7) is 4.35. The fraction of sp³-hybridized carbons (Fsp3) is 0.435. The minimum absolute atomic E-state index is 0.0153. The normalized spacial score (nSPS) is 18.9. The lowest BCUT2D eigenvalue weighted by Crippen LogP contribution is -2.53. The summed E-state index contributed by atoms with van der Waals surface area (Å²) >= 11 is 0. The maximum Gasteiger partial charge on any atom is 0.252 e. The van der Waals surface area contributed by atoms with Gasteiger partial charge in [-0.05, 0) is 45.1 Å². The monoisotopic (exact) mass is 409 g/mol. The third kappa shape index (κ3) is 5.57. The van der Waals surface area contributed by atoms with Crippen molar-refractivity contribution in [2.75, 3.05) is 45.2 Å². The molecule has 160 valence electrons. The summed E-state index contributed by atoms with van der Waals surface area (Å²) in [6, 6.07) is 14.0. The van der Waals surface area contributed by atoms with E-state index in [2.05, 4.69) is 32.7 Å². The van der Waals surface area contributed by atoms with Gasteiger partial charge in [0.2, 0.25) is 5.91 Å². The first kappa shape index (κ1) is 21.8. The van der Waals surface area contributed by atoms with Crippen molar-refractivity contribution in [2.24, 2.45) is 0 Å². The van der Waals surface area contributed by atoms with Gasteiger partial charge in [-0.15, -0.1) is 0 Å². The van der Waals surface area contributed by atoms with E-state index in [9.17, 15) is 9.59 Å². The van der Waals surface area contributed by atoms with Crippen molar-refractivity contribution in [1.29, 1.82) is 0 Å². The molecule has 0 bridgehead atoms. The number of benzene rings is 1. The van der Waals surface area contributed by atoms with Crippen molar-refractivity contribution in [3.05, 3.63) is 59.8 Å². The Kier molecular flexibility index (Phi) is 7.41. The molecular weight excluding hydrogens is 378 g/mol. The Labute approximate surface area is 178 Å². The van der Waals surface area contributed by atoms with Crippen molar-refractivity contribution in [2.45, 2.75) is 25.3 Å². The van der Waals surface area contributed by atoms with Crippen molar-refractivity contribution < 1.29 is 9.59 Å². The smallest absolute Gasteiger partial charge is 0.252 e. The highest BCUT2D eigenvalue weighted by molar-refractivity contribution is 5.94. The largest absolute Gasteiger partial charge is 0.355 e. The fourth-order valence-electron chi connectivity index (χ4n) is 3.92. The number of likely N-dealkylation sites (N-methyl/N-ethyl adjacent to an activating group) is 1. The zero-order valence-corrected chi connectivity index (χ0v) is 18.0. The van der Waals surface area contributed by atoms with Gasteiger partial charge in [0.05, 0.1) is 18.2 Å². The lowest BCUT2D eigenvalue weighted by Gasteiger charge is -2.40. The molecule has 7 heteroatoms. The molecular formula is C23H31N5O2. The van der Waals surface area contributed by atoms with E-state index >= 15 is 0 Å². The molecule has 2 heterocycles. The second-order valence-corrected chi connectivity index (χ2v) is 7.93. The average Bonchev–Trinajstić information content (AvgIpc) is 2.74. The molecule has 2 aromatic rings. The molecule has 1 aliphatic heterocycles. The lowest BCUT2D eigenvalue weighted by molar-refractivity contribution is -0.122. The van der Waals surface area contributed by atoms with Gasteiger partial charge in [-0.1, -0.05) is 30.3 Å². The summed E-state index contributed by atoms with van der Waals surface area (Å²) in [7, 11) is 3.78. The first-order valence-corrected chi connectivity index (χ1v) is 10.5.